The average molecular weight is 292 g/mol. The molecule has 0 radical (unpaired) electrons. The molecule has 114 valence electrons. The van der Waals surface area contributed by atoms with Gasteiger partial charge in [-0.25, -0.2) is 14.6 Å². The van der Waals surface area contributed by atoms with Gasteiger partial charge in [-0.2, -0.15) is 0 Å². The number of carboxylic acid groups (broad SMARTS) is 1. The highest BCUT2D eigenvalue weighted by atomic mass is 16.5. The Morgan fingerprint density at radius 1 is 1.43 bits per heavy atom. The van der Waals surface area contributed by atoms with Crippen molar-refractivity contribution in [1.82, 2.24) is 4.98 Å². The Hall–Kier alpha value is -2.11. The van der Waals surface area contributed by atoms with Crippen molar-refractivity contribution in [3.8, 4) is 0 Å². The number of hydrogen-bond acceptors (Lipinski definition) is 5. The van der Waals surface area contributed by atoms with Crippen LogP contribution in [-0.4, -0.2) is 41.7 Å². The van der Waals surface area contributed by atoms with E-state index in [1.54, 1.807) is 19.1 Å². The van der Waals surface area contributed by atoms with E-state index in [9.17, 15) is 14.7 Å². The number of carbonyl (C=O) groups excluding carboxylic acids is 1. The molecule has 1 aliphatic rings. The van der Waals surface area contributed by atoms with Crippen LogP contribution in [0, 0.1) is 12.8 Å². The van der Waals surface area contributed by atoms with Gasteiger partial charge in [-0.3, -0.25) is 0 Å². The van der Waals surface area contributed by atoms with Crippen LogP contribution in [-0.2, 0) is 9.53 Å². The molecule has 0 saturated carbocycles. The molecular weight excluding hydrogens is 272 g/mol. The van der Waals surface area contributed by atoms with E-state index >= 15 is 0 Å². The Labute approximate surface area is 123 Å². The zero-order valence-electron chi connectivity index (χ0n) is 12.5. The minimum absolute atomic E-state index is 0.0682. The van der Waals surface area contributed by atoms with Crippen molar-refractivity contribution < 1.29 is 19.4 Å². The number of hydrogen-bond donors (Lipinski definition) is 1. The van der Waals surface area contributed by atoms with E-state index in [1.165, 1.54) is 7.11 Å². The summed E-state index contributed by atoms with van der Waals surface area (Å²) in [6.07, 6.45) is 1.83. The molecule has 1 aliphatic heterocycles. The summed E-state index contributed by atoms with van der Waals surface area (Å²) in [7, 11) is 1.32. The normalized spacial score (nSPS) is 22.0. The zero-order valence-corrected chi connectivity index (χ0v) is 12.5. The van der Waals surface area contributed by atoms with Gasteiger partial charge in [0.1, 0.15) is 11.9 Å². The first-order valence-electron chi connectivity index (χ1n) is 7.01. The minimum atomic E-state index is -0.835. The zero-order chi connectivity index (χ0) is 15.6. The Kier molecular flexibility index (Phi) is 4.45. The van der Waals surface area contributed by atoms with Crippen molar-refractivity contribution in [2.24, 2.45) is 5.92 Å². The van der Waals surface area contributed by atoms with E-state index in [0.29, 0.717) is 23.6 Å². The lowest BCUT2D eigenvalue weighted by atomic mass is 9.91. The number of methoxy groups -OCH3 is 1. The molecule has 1 fully saturated rings. The summed E-state index contributed by atoms with van der Waals surface area (Å²) in [6.45, 7) is 4.32. The highest BCUT2D eigenvalue weighted by molar-refractivity contribution is 5.90. The minimum Gasteiger partial charge on any atom is -0.480 e. The summed E-state index contributed by atoms with van der Waals surface area (Å²) in [4.78, 5) is 29.3. The van der Waals surface area contributed by atoms with Crippen molar-refractivity contribution in [2.75, 3.05) is 18.6 Å². The van der Waals surface area contributed by atoms with Gasteiger partial charge in [-0.15, -0.1) is 0 Å². The number of rotatable bonds is 3. The molecule has 1 aromatic rings. The third-order valence-corrected chi connectivity index (χ3v) is 3.96. The van der Waals surface area contributed by atoms with E-state index in [0.717, 1.165) is 12.8 Å². The molecule has 0 aliphatic carbocycles. The van der Waals surface area contributed by atoms with Gasteiger partial charge in [0.2, 0.25) is 0 Å². The second kappa shape index (κ2) is 6.11. The molecule has 0 spiro atoms. The maximum atomic E-state index is 11.6. The smallest absolute Gasteiger partial charge is 0.339 e. The fraction of sp³-hybridized carbons (Fsp3) is 0.533. The van der Waals surface area contributed by atoms with Crippen LogP contribution in [0.3, 0.4) is 0 Å². The second-order valence-electron chi connectivity index (χ2n) is 5.39. The number of carbonyl (C=O) groups is 2. The van der Waals surface area contributed by atoms with Crippen molar-refractivity contribution >= 4 is 17.8 Å². The summed E-state index contributed by atoms with van der Waals surface area (Å²) in [6, 6.07) is 2.75. The molecule has 2 unspecified atom stereocenters. The summed E-state index contributed by atoms with van der Waals surface area (Å²) in [5.41, 5.74) is 0.944. The largest absolute Gasteiger partial charge is 0.480 e. The molecule has 1 saturated heterocycles. The number of aromatic nitrogens is 1. The van der Waals surface area contributed by atoms with Crippen LogP contribution in [0.5, 0.6) is 0 Å². The monoisotopic (exact) mass is 292 g/mol. The predicted molar refractivity (Wildman–Crippen MR) is 77.5 cm³/mol. The Bertz CT molecular complexity index is 559. The van der Waals surface area contributed by atoms with Crippen LogP contribution >= 0.6 is 0 Å². The molecule has 2 rings (SSSR count). The fourth-order valence-electron chi connectivity index (χ4n) is 2.85. The molecule has 1 N–H and O–H groups in total. The highest BCUT2D eigenvalue weighted by Gasteiger charge is 2.35. The van der Waals surface area contributed by atoms with E-state index in [2.05, 4.69) is 4.98 Å². The SMILES string of the molecule is COC(=O)c1ccc(N2CCCC(C)C2C(=O)O)nc1C. The molecule has 2 atom stereocenters. The quantitative estimate of drug-likeness (QED) is 0.857. The predicted octanol–water partition coefficient (Wildman–Crippen LogP) is 1.87. The lowest BCUT2D eigenvalue weighted by Crippen LogP contribution is -2.49. The standard InChI is InChI=1S/C15H20N2O4/c1-9-5-4-8-17(13(9)14(18)19)12-7-6-11(10(2)16-12)15(20)21-3/h6-7,9,13H,4-5,8H2,1-3H3,(H,18,19). The molecule has 6 nitrogen and oxygen atoms in total. The Balaban J connectivity index is 2.34. The van der Waals surface area contributed by atoms with E-state index < -0.39 is 18.0 Å². The van der Waals surface area contributed by atoms with Gasteiger partial charge in [0.15, 0.2) is 0 Å². The second-order valence-corrected chi connectivity index (χ2v) is 5.39. The van der Waals surface area contributed by atoms with E-state index in [-0.39, 0.29) is 5.92 Å². The number of carboxylic acids is 1. The van der Waals surface area contributed by atoms with Gasteiger partial charge in [0, 0.05) is 6.54 Å². The topological polar surface area (TPSA) is 79.7 Å². The number of aryl methyl sites for hydroxylation is 1. The maximum absolute atomic E-state index is 11.6. The summed E-state index contributed by atoms with van der Waals surface area (Å²) < 4.78 is 4.69. The molecule has 21 heavy (non-hydrogen) atoms. The number of pyridine rings is 1. The van der Waals surface area contributed by atoms with Gasteiger partial charge in [-0.05, 0) is 37.8 Å². The number of aliphatic carboxylic acids is 1. The number of esters is 1. The summed E-state index contributed by atoms with van der Waals surface area (Å²) >= 11 is 0. The average Bonchev–Trinajstić information content (AvgIpc) is 2.45. The van der Waals surface area contributed by atoms with E-state index in [4.69, 9.17) is 4.74 Å². The number of ether oxygens (including phenoxy) is 1. The number of anilines is 1. The van der Waals surface area contributed by atoms with Crippen molar-refractivity contribution in [1.29, 1.82) is 0 Å². The third kappa shape index (κ3) is 2.99. The van der Waals surface area contributed by atoms with Crippen LogP contribution in [0.15, 0.2) is 12.1 Å². The lowest BCUT2D eigenvalue weighted by Gasteiger charge is -2.38. The van der Waals surface area contributed by atoms with Crippen molar-refractivity contribution in [3.05, 3.63) is 23.4 Å². The number of piperidine rings is 1. The lowest BCUT2D eigenvalue weighted by molar-refractivity contribution is -0.140. The Morgan fingerprint density at radius 2 is 2.14 bits per heavy atom. The van der Waals surface area contributed by atoms with Crippen molar-refractivity contribution in [3.63, 3.8) is 0 Å². The third-order valence-electron chi connectivity index (χ3n) is 3.96. The molecule has 0 amide bonds. The van der Waals surface area contributed by atoms with Gasteiger partial charge in [0.05, 0.1) is 18.4 Å². The first kappa shape index (κ1) is 15.3. The van der Waals surface area contributed by atoms with E-state index in [1.807, 2.05) is 11.8 Å². The molecule has 2 heterocycles. The van der Waals surface area contributed by atoms with Crippen LogP contribution in [0.2, 0.25) is 0 Å². The Morgan fingerprint density at radius 3 is 2.71 bits per heavy atom. The van der Waals surface area contributed by atoms with Gasteiger partial charge >= 0.3 is 11.9 Å². The first-order valence-corrected chi connectivity index (χ1v) is 7.01. The van der Waals surface area contributed by atoms with Crippen molar-refractivity contribution in [2.45, 2.75) is 32.7 Å². The maximum Gasteiger partial charge on any atom is 0.339 e. The first-order chi connectivity index (χ1) is 9.95. The highest BCUT2D eigenvalue weighted by Crippen LogP contribution is 2.28. The van der Waals surface area contributed by atoms with Gasteiger partial charge < -0.3 is 14.7 Å². The fourth-order valence-corrected chi connectivity index (χ4v) is 2.85. The molecular formula is C15H20N2O4. The van der Waals surface area contributed by atoms with Crippen LogP contribution in [0.25, 0.3) is 0 Å². The number of nitrogens with zero attached hydrogens (tertiary/aromatic N) is 2. The van der Waals surface area contributed by atoms with Crippen LogP contribution < -0.4 is 4.90 Å². The molecule has 0 aromatic carbocycles. The molecule has 6 heteroatoms. The van der Waals surface area contributed by atoms with Gasteiger partial charge in [0.25, 0.3) is 0 Å². The van der Waals surface area contributed by atoms with Crippen LogP contribution in [0.4, 0.5) is 5.82 Å². The van der Waals surface area contributed by atoms with Crippen LogP contribution in [0.1, 0.15) is 35.8 Å². The van der Waals surface area contributed by atoms with Gasteiger partial charge in [-0.1, -0.05) is 6.92 Å². The molecule has 0 bridgehead atoms. The molecule has 1 aromatic heterocycles. The summed E-state index contributed by atoms with van der Waals surface area (Å²) in [5, 5.41) is 9.45. The summed E-state index contributed by atoms with van der Waals surface area (Å²) in [5.74, 6) is -0.607.